The van der Waals surface area contributed by atoms with E-state index in [9.17, 15) is 9.59 Å². The van der Waals surface area contributed by atoms with Gasteiger partial charge in [-0.1, -0.05) is 12.1 Å². The summed E-state index contributed by atoms with van der Waals surface area (Å²) in [7, 11) is 0. The Kier molecular flexibility index (Phi) is 4.74. The van der Waals surface area contributed by atoms with Gasteiger partial charge in [-0.2, -0.15) is 0 Å². The highest BCUT2D eigenvalue weighted by molar-refractivity contribution is 5.87. The van der Waals surface area contributed by atoms with Gasteiger partial charge in [0.05, 0.1) is 11.5 Å². The van der Waals surface area contributed by atoms with Crippen molar-refractivity contribution in [1.29, 1.82) is 0 Å². The molecule has 0 radical (unpaired) electrons. The van der Waals surface area contributed by atoms with Crippen molar-refractivity contribution in [2.45, 2.75) is 25.8 Å². The number of carbonyl (C=O) groups is 2. The number of nitrogens with one attached hydrogen (secondary N) is 2. The highest BCUT2D eigenvalue weighted by Gasteiger charge is 2.28. The Balaban J connectivity index is 1.82. The van der Waals surface area contributed by atoms with Gasteiger partial charge in [0.1, 0.15) is 0 Å². The van der Waals surface area contributed by atoms with E-state index in [-0.39, 0.29) is 23.4 Å². The van der Waals surface area contributed by atoms with Crippen LogP contribution in [0.15, 0.2) is 24.3 Å². The number of amides is 1. The van der Waals surface area contributed by atoms with Gasteiger partial charge in [-0.15, -0.1) is 0 Å². The lowest BCUT2D eigenvalue weighted by Gasteiger charge is -2.14. The van der Waals surface area contributed by atoms with Crippen LogP contribution in [0.3, 0.4) is 0 Å². The second kappa shape index (κ2) is 6.52. The van der Waals surface area contributed by atoms with Gasteiger partial charge in [-0.3, -0.25) is 4.79 Å². The van der Waals surface area contributed by atoms with Gasteiger partial charge in [0.15, 0.2) is 0 Å². The molecule has 20 heavy (non-hydrogen) atoms. The van der Waals surface area contributed by atoms with E-state index in [0.29, 0.717) is 13.0 Å². The molecule has 0 bridgehead atoms. The summed E-state index contributed by atoms with van der Waals surface area (Å²) in [6.45, 7) is 3.44. The maximum Gasteiger partial charge on any atom is 0.335 e. The van der Waals surface area contributed by atoms with Crippen LogP contribution < -0.4 is 10.6 Å². The van der Waals surface area contributed by atoms with Crippen molar-refractivity contribution >= 4 is 11.9 Å². The number of rotatable bonds is 5. The number of carbonyl (C=O) groups excluding carboxylic acids is 1. The topological polar surface area (TPSA) is 78.4 Å². The van der Waals surface area contributed by atoms with E-state index in [4.69, 9.17) is 5.11 Å². The monoisotopic (exact) mass is 276 g/mol. The van der Waals surface area contributed by atoms with Crippen LogP contribution in [0.25, 0.3) is 0 Å². The summed E-state index contributed by atoms with van der Waals surface area (Å²) in [4.78, 5) is 22.8. The highest BCUT2D eigenvalue weighted by Crippen LogP contribution is 2.14. The molecule has 2 rings (SSSR count). The fourth-order valence-electron chi connectivity index (χ4n) is 2.54. The number of hydrogen-bond donors (Lipinski definition) is 3. The Morgan fingerprint density at radius 1 is 1.45 bits per heavy atom. The minimum Gasteiger partial charge on any atom is -0.478 e. The van der Waals surface area contributed by atoms with Gasteiger partial charge in [-0.25, -0.2) is 4.79 Å². The third-order valence-corrected chi connectivity index (χ3v) is 3.75. The van der Waals surface area contributed by atoms with Crippen molar-refractivity contribution in [2.24, 2.45) is 5.92 Å². The van der Waals surface area contributed by atoms with E-state index in [1.54, 1.807) is 18.2 Å². The average Bonchev–Trinajstić information content (AvgIpc) is 2.85. The molecule has 1 amide bonds. The third-order valence-electron chi connectivity index (χ3n) is 3.75. The third kappa shape index (κ3) is 3.57. The number of aromatic carboxylic acids is 1. The molecule has 1 heterocycles. The molecule has 2 unspecified atom stereocenters. The first kappa shape index (κ1) is 14.5. The van der Waals surface area contributed by atoms with E-state index in [2.05, 4.69) is 10.6 Å². The SMILES string of the molecule is CC1NCCC1C(=O)NCCc1cccc(C(=O)O)c1. The summed E-state index contributed by atoms with van der Waals surface area (Å²) in [5, 5.41) is 15.1. The molecule has 0 aromatic heterocycles. The summed E-state index contributed by atoms with van der Waals surface area (Å²) in [6, 6.07) is 7.04. The molecule has 0 spiro atoms. The van der Waals surface area contributed by atoms with Gasteiger partial charge in [0.25, 0.3) is 0 Å². The van der Waals surface area contributed by atoms with Crippen molar-refractivity contribution in [1.82, 2.24) is 10.6 Å². The first-order valence-electron chi connectivity index (χ1n) is 6.91. The smallest absolute Gasteiger partial charge is 0.335 e. The minimum absolute atomic E-state index is 0.0420. The molecule has 0 saturated carbocycles. The van der Waals surface area contributed by atoms with E-state index < -0.39 is 5.97 Å². The number of carboxylic acid groups (broad SMARTS) is 1. The molecule has 1 fully saturated rings. The quantitative estimate of drug-likeness (QED) is 0.751. The number of hydrogen-bond acceptors (Lipinski definition) is 3. The molecular formula is C15H20N2O3. The molecule has 0 aliphatic carbocycles. The van der Waals surface area contributed by atoms with Crippen LogP contribution in [0.2, 0.25) is 0 Å². The summed E-state index contributed by atoms with van der Waals surface area (Å²) in [6.07, 6.45) is 1.52. The largest absolute Gasteiger partial charge is 0.478 e. The van der Waals surface area contributed by atoms with E-state index in [1.807, 2.05) is 13.0 Å². The van der Waals surface area contributed by atoms with Crippen molar-refractivity contribution < 1.29 is 14.7 Å². The highest BCUT2D eigenvalue weighted by atomic mass is 16.4. The van der Waals surface area contributed by atoms with Crippen LogP contribution in [0.1, 0.15) is 29.3 Å². The molecule has 1 aromatic rings. The van der Waals surface area contributed by atoms with Crippen molar-refractivity contribution in [3.63, 3.8) is 0 Å². The molecule has 1 aliphatic rings. The summed E-state index contributed by atoms with van der Waals surface area (Å²) < 4.78 is 0. The first-order valence-corrected chi connectivity index (χ1v) is 6.91. The molecule has 3 N–H and O–H groups in total. The second-order valence-corrected chi connectivity index (χ2v) is 5.18. The van der Waals surface area contributed by atoms with E-state index >= 15 is 0 Å². The van der Waals surface area contributed by atoms with E-state index in [0.717, 1.165) is 18.5 Å². The lowest BCUT2D eigenvalue weighted by Crippen LogP contribution is -2.37. The fourth-order valence-corrected chi connectivity index (χ4v) is 2.54. The Labute approximate surface area is 118 Å². The minimum atomic E-state index is -0.929. The zero-order chi connectivity index (χ0) is 14.5. The van der Waals surface area contributed by atoms with Crippen LogP contribution in [0.5, 0.6) is 0 Å². The molecule has 5 nitrogen and oxygen atoms in total. The molecule has 2 atom stereocenters. The van der Waals surface area contributed by atoms with Crippen LogP contribution in [-0.2, 0) is 11.2 Å². The predicted octanol–water partition coefficient (Wildman–Crippen LogP) is 1.04. The zero-order valence-corrected chi connectivity index (χ0v) is 11.6. The van der Waals surface area contributed by atoms with Gasteiger partial charge in [-0.05, 0) is 44.0 Å². The van der Waals surface area contributed by atoms with Crippen molar-refractivity contribution in [3.05, 3.63) is 35.4 Å². The Morgan fingerprint density at radius 2 is 2.25 bits per heavy atom. The van der Waals surface area contributed by atoms with Crippen LogP contribution in [-0.4, -0.2) is 36.1 Å². The predicted molar refractivity (Wildman–Crippen MR) is 75.7 cm³/mol. The molecule has 108 valence electrons. The number of benzene rings is 1. The molecule has 1 aromatic carbocycles. The maximum atomic E-state index is 12.0. The first-order chi connectivity index (χ1) is 9.58. The standard InChI is InChI=1S/C15H20N2O3/c1-10-13(6-8-16-10)14(18)17-7-5-11-3-2-4-12(9-11)15(19)20/h2-4,9-10,13,16H,5-8H2,1H3,(H,17,18)(H,19,20). The second-order valence-electron chi connectivity index (χ2n) is 5.18. The summed E-state index contributed by atoms with van der Waals surface area (Å²) >= 11 is 0. The van der Waals surface area contributed by atoms with E-state index in [1.165, 1.54) is 0 Å². The fraction of sp³-hybridized carbons (Fsp3) is 0.467. The lowest BCUT2D eigenvalue weighted by atomic mass is 10.0. The van der Waals surface area contributed by atoms with Crippen LogP contribution in [0, 0.1) is 5.92 Å². The van der Waals surface area contributed by atoms with Crippen molar-refractivity contribution in [2.75, 3.05) is 13.1 Å². The lowest BCUT2D eigenvalue weighted by molar-refractivity contribution is -0.125. The molecular weight excluding hydrogens is 256 g/mol. The molecule has 1 saturated heterocycles. The maximum absolute atomic E-state index is 12.0. The van der Waals surface area contributed by atoms with Gasteiger partial charge in [0, 0.05) is 12.6 Å². The Bertz CT molecular complexity index is 502. The summed E-state index contributed by atoms with van der Waals surface area (Å²) in [5.74, 6) is -0.806. The molecule has 5 heteroatoms. The van der Waals surface area contributed by atoms with Crippen LogP contribution in [0.4, 0.5) is 0 Å². The number of carboxylic acids is 1. The van der Waals surface area contributed by atoms with Crippen molar-refractivity contribution in [3.8, 4) is 0 Å². The molecule has 1 aliphatic heterocycles. The summed E-state index contributed by atoms with van der Waals surface area (Å²) in [5.41, 5.74) is 1.20. The van der Waals surface area contributed by atoms with Gasteiger partial charge in [0.2, 0.25) is 5.91 Å². The normalized spacial score (nSPS) is 21.6. The van der Waals surface area contributed by atoms with Crippen LogP contribution >= 0.6 is 0 Å². The average molecular weight is 276 g/mol. The Hall–Kier alpha value is -1.88. The van der Waals surface area contributed by atoms with Gasteiger partial charge >= 0.3 is 5.97 Å². The Morgan fingerprint density at radius 3 is 2.90 bits per heavy atom. The van der Waals surface area contributed by atoms with Gasteiger partial charge < -0.3 is 15.7 Å². The zero-order valence-electron chi connectivity index (χ0n) is 11.6.